The van der Waals surface area contributed by atoms with Gasteiger partial charge in [-0.3, -0.25) is 19.8 Å². The predicted molar refractivity (Wildman–Crippen MR) is 144 cm³/mol. The van der Waals surface area contributed by atoms with Gasteiger partial charge in [0.1, 0.15) is 18.2 Å². The van der Waals surface area contributed by atoms with E-state index in [1.54, 1.807) is 13.0 Å². The Bertz CT molecular complexity index is 1270. The number of anilines is 2. The number of ether oxygens (including phenoxy) is 2. The third-order valence-corrected chi connectivity index (χ3v) is 6.99. The van der Waals surface area contributed by atoms with E-state index in [0.29, 0.717) is 29.7 Å². The smallest absolute Gasteiger partial charge is 0.320 e. The maximum absolute atomic E-state index is 12.0. The van der Waals surface area contributed by atoms with Gasteiger partial charge in [-0.1, -0.05) is 28.9 Å². The molecule has 1 aliphatic heterocycles. The van der Waals surface area contributed by atoms with Gasteiger partial charge in [-0.25, -0.2) is 9.97 Å². The number of aromatic nitrogens is 2. The molecule has 0 saturated carbocycles. The maximum Gasteiger partial charge on any atom is 0.320 e. The predicted octanol–water partition coefficient (Wildman–Crippen LogP) is 5.48. The van der Waals surface area contributed by atoms with Crippen molar-refractivity contribution >= 4 is 50.0 Å². The molecule has 0 bridgehead atoms. The van der Waals surface area contributed by atoms with Gasteiger partial charge in [0.15, 0.2) is 5.75 Å². The number of carbonyl (C=O) groups excluding carboxylic acids is 1. The van der Waals surface area contributed by atoms with Crippen LogP contribution in [-0.4, -0.2) is 58.1 Å². The molecule has 0 aliphatic carbocycles. The van der Waals surface area contributed by atoms with Crippen molar-refractivity contribution in [2.24, 2.45) is 5.92 Å². The molecule has 1 unspecified atom stereocenters. The number of nitrogens with one attached hydrogen (secondary N) is 1. The second-order valence-corrected chi connectivity index (χ2v) is 9.85. The third-order valence-electron chi connectivity index (χ3n) is 6.50. The van der Waals surface area contributed by atoms with Gasteiger partial charge in [-0.15, -0.1) is 0 Å². The van der Waals surface area contributed by atoms with Gasteiger partial charge in [0.25, 0.3) is 0 Å². The minimum Gasteiger partial charge on any atom is -0.483 e. The Hall–Kier alpha value is -3.31. The lowest BCUT2D eigenvalue weighted by Crippen LogP contribution is -2.42. The number of carbonyl (C=O) groups is 1. The zero-order valence-electron chi connectivity index (χ0n) is 20.9. The summed E-state index contributed by atoms with van der Waals surface area (Å²) in [6.45, 7) is 5.97. The Morgan fingerprint density at radius 3 is 2.70 bits per heavy atom. The molecule has 11 heteroatoms. The van der Waals surface area contributed by atoms with Crippen LogP contribution in [0.2, 0.25) is 0 Å². The lowest BCUT2D eigenvalue weighted by molar-refractivity contribution is -0.386. The van der Waals surface area contributed by atoms with Gasteiger partial charge in [-0.05, 0) is 63.4 Å². The number of nitro groups is 1. The lowest BCUT2D eigenvalue weighted by Gasteiger charge is -2.35. The highest BCUT2D eigenvalue weighted by Gasteiger charge is 2.30. The minimum absolute atomic E-state index is 0.127. The van der Waals surface area contributed by atoms with E-state index in [9.17, 15) is 14.9 Å². The standard InChI is InChI=1S/C26H30BrN5O5/c1-3-23(17-8-10-31(11-9-17)15-25(33)36-4-2)37-24-14-21-20(13-22(24)32(34)35)26(29-16-28-21)30-19-7-5-6-18(27)12-19/h5-7,12-14,16-17,23H,3-4,8-11,15H2,1-2H3,(H,28,29,30). The number of esters is 1. The van der Waals surface area contributed by atoms with Crippen LogP contribution in [0, 0.1) is 16.0 Å². The average molecular weight is 572 g/mol. The molecule has 1 atom stereocenters. The molecule has 1 aliphatic rings. The lowest BCUT2D eigenvalue weighted by atomic mass is 9.89. The Labute approximate surface area is 223 Å². The number of halogens is 1. The van der Waals surface area contributed by atoms with E-state index in [1.165, 1.54) is 12.4 Å². The number of nitrogens with zero attached hydrogens (tertiary/aromatic N) is 4. The van der Waals surface area contributed by atoms with Crippen molar-refractivity contribution in [2.75, 3.05) is 31.6 Å². The Morgan fingerprint density at radius 1 is 1.24 bits per heavy atom. The summed E-state index contributed by atoms with van der Waals surface area (Å²) in [6.07, 6.45) is 3.61. The fraction of sp³-hybridized carbons (Fsp3) is 0.423. The molecule has 0 spiro atoms. The molecule has 10 nitrogen and oxygen atoms in total. The van der Waals surface area contributed by atoms with E-state index in [-0.39, 0.29) is 36.0 Å². The molecule has 1 N–H and O–H groups in total. The maximum atomic E-state index is 12.0. The first kappa shape index (κ1) is 26.7. The van der Waals surface area contributed by atoms with E-state index in [4.69, 9.17) is 9.47 Å². The first-order valence-electron chi connectivity index (χ1n) is 12.4. The van der Waals surface area contributed by atoms with Gasteiger partial charge >= 0.3 is 11.7 Å². The second-order valence-electron chi connectivity index (χ2n) is 8.93. The number of hydrogen-bond donors (Lipinski definition) is 1. The van der Waals surface area contributed by atoms with Crippen molar-refractivity contribution in [1.82, 2.24) is 14.9 Å². The van der Waals surface area contributed by atoms with Crippen molar-refractivity contribution < 1.29 is 19.2 Å². The van der Waals surface area contributed by atoms with Crippen LogP contribution in [0.15, 0.2) is 47.2 Å². The van der Waals surface area contributed by atoms with E-state index >= 15 is 0 Å². The number of nitro benzene ring substituents is 1. The third kappa shape index (κ3) is 6.72. The molecule has 1 aromatic heterocycles. The normalized spacial score (nSPS) is 15.3. The summed E-state index contributed by atoms with van der Waals surface area (Å²) < 4.78 is 12.2. The minimum atomic E-state index is -0.431. The number of benzene rings is 2. The summed E-state index contributed by atoms with van der Waals surface area (Å²) in [5, 5.41) is 15.8. The van der Waals surface area contributed by atoms with Crippen molar-refractivity contribution in [3.8, 4) is 5.75 Å². The summed E-state index contributed by atoms with van der Waals surface area (Å²) in [4.78, 5) is 34.1. The van der Waals surface area contributed by atoms with Gasteiger partial charge in [0.05, 0.1) is 29.0 Å². The molecule has 3 aromatic rings. The van der Waals surface area contributed by atoms with Crippen LogP contribution in [-0.2, 0) is 9.53 Å². The number of fused-ring (bicyclic) bond motifs is 1. The molecule has 4 rings (SSSR count). The summed E-state index contributed by atoms with van der Waals surface area (Å²) in [7, 11) is 0. The molecule has 196 valence electrons. The fourth-order valence-corrected chi connectivity index (χ4v) is 5.06. The summed E-state index contributed by atoms with van der Waals surface area (Å²) in [6, 6.07) is 10.7. The van der Waals surface area contributed by atoms with Gasteiger partial charge in [-0.2, -0.15) is 0 Å². The Balaban J connectivity index is 1.53. The number of piperidine rings is 1. The first-order valence-corrected chi connectivity index (χ1v) is 13.2. The van der Waals surface area contributed by atoms with Crippen LogP contribution in [0.3, 0.4) is 0 Å². The highest BCUT2D eigenvalue weighted by molar-refractivity contribution is 9.10. The van der Waals surface area contributed by atoms with Crippen LogP contribution >= 0.6 is 15.9 Å². The highest BCUT2D eigenvalue weighted by Crippen LogP contribution is 2.37. The summed E-state index contributed by atoms with van der Waals surface area (Å²) in [5.74, 6) is 0.675. The Morgan fingerprint density at radius 2 is 2.03 bits per heavy atom. The summed E-state index contributed by atoms with van der Waals surface area (Å²) in [5.41, 5.74) is 1.21. The zero-order chi connectivity index (χ0) is 26.4. The SMILES string of the molecule is CCOC(=O)CN1CCC(C(CC)Oc2cc3ncnc(Nc4cccc(Br)c4)c3cc2[N+](=O)[O-])CC1. The van der Waals surface area contributed by atoms with E-state index in [1.807, 2.05) is 31.2 Å². The van der Waals surface area contributed by atoms with Crippen LogP contribution < -0.4 is 10.1 Å². The molecule has 0 amide bonds. The molecular weight excluding hydrogens is 542 g/mol. The van der Waals surface area contributed by atoms with Gasteiger partial charge < -0.3 is 14.8 Å². The van der Waals surface area contributed by atoms with E-state index in [0.717, 1.165) is 36.1 Å². The van der Waals surface area contributed by atoms with Gasteiger partial charge in [0, 0.05) is 22.3 Å². The van der Waals surface area contributed by atoms with Crippen LogP contribution in [0.5, 0.6) is 5.75 Å². The van der Waals surface area contributed by atoms with Crippen molar-refractivity contribution in [3.63, 3.8) is 0 Å². The molecule has 1 fully saturated rings. The quantitative estimate of drug-likeness (QED) is 0.191. The molecular formula is C26H30BrN5O5. The number of likely N-dealkylation sites (tertiary alicyclic amines) is 1. The molecule has 0 radical (unpaired) electrons. The van der Waals surface area contributed by atoms with Crippen LogP contribution in [0.25, 0.3) is 10.9 Å². The highest BCUT2D eigenvalue weighted by atomic mass is 79.9. The molecule has 2 aromatic carbocycles. The monoisotopic (exact) mass is 571 g/mol. The van der Waals surface area contributed by atoms with E-state index < -0.39 is 4.92 Å². The number of hydrogen-bond acceptors (Lipinski definition) is 9. The molecule has 2 heterocycles. The number of rotatable bonds is 10. The van der Waals surface area contributed by atoms with Crippen molar-refractivity contribution in [1.29, 1.82) is 0 Å². The topological polar surface area (TPSA) is 120 Å². The van der Waals surface area contributed by atoms with Crippen molar-refractivity contribution in [3.05, 3.63) is 57.3 Å². The fourth-order valence-electron chi connectivity index (χ4n) is 4.66. The summed E-state index contributed by atoms with van der Waals surface area (Å²) >= 11 is 3.45. The molecule has 37 heavy (non-hydrogen) atoms. The van der Waals surface area contributed by atoms with Crippen LogP contribution in [0.1, 0.15) is 33.1 Å². The molecule has 1 saturated heterocycles. The van der Waals surface area contributed by atoms with Crippen molar-refractivity contribution in [2.45, 2.75) is 39.2 Å². The Kier molecular flexibility index (Phi) is 8.88. The second kappa shape index (κ2) is 12.3. The zero-order valence-corrected chi connectivity index (χ0v) is 22.4. The van der Waals surface area contributed by atoms with Gasteiger partial charge in [0.2, 0.25) is 0 Å². The largest absolute Gasteiger partial charge is 0.483 e. The van der Waals surface area contributed by atoms with E-state index in [2.05, 4.69) is 36.1 Å². The average Bonchev–Trinajstić information content (AvgIpc) is 2.87. The van der Waals surface area contributed by atoms with Crippen LogP contribution in [0.4, 0.5) is 17.2 Å². The first-order chi connectivity index (χ1) is 17.9.